The van der Waals surface area contributed by atoms with Gasteiger partial charge in [0.1, 0.15) is 6.04 Å². The van der Waals surface area contributed by atoms with Gasteiger partial charge in [0.15, 0.2) is 0 Å². The molecular weight excluding hydrogens is 232 g/mol. The maximum Gasteiger partial charge on any atom is 0.245 e. The lowest BCUT2D eigenvalue weighted by Crippen LogP contribution is -2.48. The molecule has 0 spiro atoms. The lowest BCUT2D eigenvalue weighted by Gasteiger charge is -2.16. The van der Waals surface area contributed by atoms with Gasteiger partial charge in [-0.25, -0.2) is 0 Å². The molecule has 5 heteroatoms. The van der Waals surface area contributed by atoms with Gasteiger partial charge in [-0.1, -0.05) is 30.3 Å². The predicted molar refractivity (Wildman–Crippen MR) is 67.8 cm³/mol. The standard InChI is InChI=1S/C13H18N2O3/c1-10(16)15-12(9-18-2)13(17)14-8-11-6-4-3-5-7-11/h3-7,12H,8-9H2,1-2H3,(H,14,17)(H,15,16)/t12-/m1/s1/i1D3. The Kier molecular flexibility index (Phi) is 4.17. The Bertz CT molecular complexity index is 477. The Hall–Kier alpha value is -1.88. The molecule has 2 N–H and O–H groups in total. The third-order valence-corrected chi connectivity index (χ3v) is 2.26. The van der Waals surface area contributed by atoms with E-state index in [9.17, 15) is 9.59 Å². The Labute approximate surface area is 111 Å². The van der Waals surface area contributed by atoms with Gasteiger partial charge >= 0.3 is 0 Å². The highest BCUT2D eigenvalue weighted by Crippen LogP contribution is 1.97. The summed E-state index contributed by atoms with van der Waals surface area (Å²) in [4.78, 5) is 23.4. The highest BCUT2D eigenvalue weighted by Gasteiger charge is 2.18. The molecule has 0 aliphatic heterocycles. The second-order valence-electron chi connectivity index (χ2n) is 3.68. The lowest BCUT2D eigenvalue weighted by atomic mass is 10.2. The van der Waals surface area contributed by atoms with Gasteiger partial charge in [0, 0.05) is 24.6 Å². The normalized spacial score (nSPS) is 14.8. The molecule has 0 bridgehead atoms. The molecule has 0 fully saturated rings. The Balaban J connectivity index is 2.59. The van der Waals surface area contributed by atoms with Crippen molar-refractivity contribution in [3.8, 4) is 0 Å². The summed E-state index contributed by atoms with van der Waals surface area (Å²) in [5.74, 6) is -1.68. The highest BCUT2D eigenvalue weighted by molar-refractivity contribution is 5.86. The van der Waals surface area contributed by atoms with Crippen LogP contribution in [0.25, 0.3) is 0 Å². The van der Waals surface area contributed by atoms with E-state index in [2.05, 4.69) is 10.6 Å². The van der Waals surface area contributed by atoms with Crippen LogP contribution < -0.4 is 10.6 Å². The summed E-state index contributed by atoms with van der Waals surface area (Å²) in [6.45, 7) is -2.63. The minimum atomic E-state index is -2.80. The molecule has 1 atom stereocenters. The van der Waals surface area contributed by atoms with Crippen molar-refractivity contribution in [2.75, 3.05) is 13.7 Å². The average Bonchev–Trinajstić information content (AvgIpc) is 2.44. The Morgan fingerprint density at radius 2 is 2.11 bits per heavy atom. The molecule has 2 amide bonds. The molecule has 1 rings (SSSR count). The van der Waals surface area contributed by atoms with Crippen molar-refractivity contribution in [1.82, 2.24) is 10.6 Å². The fraction of sp³-hybridized carbons (Fsp3) is 0.385. The first-order chi connectivity index (χ1) is 9.84. The number of benzene rings is 1. The van der Waals surface area contributed by atoms with Gasteiger partial charge in [-0.2, -0.15) is 0 Å². The van der Waals surface area contributed by atoms with E-state index in [1.807, 2.05) is 30.3 Å². The van der Waals surface area contributed by atoms with E-state index >= 15 is 0 Å². The first-order valence-electron chi connectivity index (χ1n) is 6.96. The third-order valence-electron chi connectivity index (χ3n) is 2.26. The fourth-order valence-corrected chi connectivity index (χ4v) is 1.42. The van der Waals surface area contributed by atoms with Gasteiger partial charge in [-0.15, -0.1) is 0 Å². The summed E-state index contributed by atoms with van der Waals surface area (Å²) in [6, 6.07) is 8.16. The largest absolute Gasteiger partial charge is 0.382 e. The summed E-state index contributed by atoms with van der Waals surface area (Å²) in [7, 11) is 1.36. The van der Waals surface area contributed by atoms with Crippen molar-refractivity contribution in [2.24, 2.45) is 0 Å². The summed E-state index contributed by atoms with van der Waals surface area (Å²) < 4.78 is 25.8. The molecule has 0 saturated carbocycles. The molecule has 0 saturated heterocycles. The molecule has 0 aromatic heterocycles. The molecule has 0 radical (unpaired) electrons. The number of hydrogen-bond donors (Lipinski definition) is 2. The maximum absolute atomic E-state index is 12.0. The van der Waals surface area contributed by atoms with E-state index in [4.69, 9.17) is 8.85 Å². The van der Waals surface area contributed by atoms with Crippen LogP contribution >= 0.6 is 0 Å². The first-order valence-corrected chi connectivity index (χ1v) is 5.46. The third kappa shape index (κ3) is 4.97. The van der Waals surface area contributed by atoms with Crippen LogP contribution in [0, 0.1) is 0 Å². The predicted octanol–water partition coefficient (Wildman–Crippen LogP) is 0.454. The molecule has 1 aromatic carbocycles. The summed E-state index contributed by atoms with van der Waals surface area (Å²) >= 11 is 0. The zero-order valence-electron chi connectivity index (χ0n) is 13.1. The highest BCUT2D eigenvalue weighted by atomic mass is 16.5. The fourth-order valence-electron chi connectivity index (χ4n) is 1.42. The molecule has 18 heavy (non-hydrogen) atoms. The van der Waals surface area contributed by atoms with E-state index in [1.54, 1.807) is 0 Å². The number of hydrogen-bond acceptors (Lipinski definition) is 3. The van der Waals surface area contributed by atoms with Crippen molar-refractivity contribution in [2.45, 2.75) is 19.4 Å². The molecule has 5 nitrogen and oxygen atoms in total. The van der Waals surface area contributed by atoms with Crippen LogP contribution in [0.2, 0.25) is 0 Å². The lowest BCUT2D eigenvalue weighted by molar-refractivity contribution is -0.129. The van der Waals surface area contributed by atoms with Crippen molar-refractivity contribution < 1.29 is 18.4 Å². The van der Waals surface area contributed by atoms with Crippen LogP contribution in [-0.4, -0.2) is 31.6 Å². The van der Waals surface area contributed by atoms with Crippen LogP contribution in [0.5, 0.6) is 0 Å². The topological polar surface area (TPSA) is 67.4 Å². The van der Waals surface area contributed by atoms with Gasteiger partial charge in [0.05, 0.1) is 6.61 Å². The van der Waals surface area contributed by atoms with Crippen molar-refractivity contribution >= 4 is 11.8 Å². The van der Waals surface area contributed by atoms with Crippen LogP contribution in [0.1, 0.15) is 16.5 Å². The molecule has 0 heterocycles. The number of carbonyl (C=O) groups excluding carboxylic acids is 2. The van der Waals surface area contributed by atoms with Gasteiger partial charge in [0.25, 0.3) is 0 Å². The van der Waals surface area contributed by atoms with Crippen LogP contribution in [0.15, 0.2) is 30.3 Å². The van der Waals surface area contributed by atoms with E-state index in [0.717, 1.165) is 5.56 Å². The van der Waals surface area contributed by atoms with E-state index < -0.39 is 24.7 Å². The zero-order chi connectivity index (χ0) is 15.9. The van der Waals surface area contributed by atoms with E-state index in [1.165, 1.54) is 7.11 Å². The SMILES string of the molecule is [2H]C([2H])([2H])C(=O)N[C@H](COC)C(=O)NCc1ccccc1. The van der Waals surface area contributed by atoms with Crippen LogP contribution in [0.4, 0.5) is 0 Å². The molecule has 98 valence electrons. The summed E-state index contributed by atoms with van der Waals surface area (Å²) in [6.07, 6.45) is 0. The number of ether oxygens (including phenoxy) is 1. The minimum Gasteiger partial charge on any atom is -0.382 e. The summed E-state index contributed by atoms with van der Waals surface area (Å²) in [5.41, 5.74) is 0.893. The Morgan fingerprint density at radius 3 is 2.72 bits per heavy atom. The minimum absolute atomic E-state index is 0.109. The summed E-state index contributed by atoms with van der Waals surface area (Å²) in [5, 5.41) is 4.78. The maximum atomic E-state index is 12.0. The molecule has 0 aliphatic rings. The Morgan fingerprint density at radius 1 is 1.39 bits per heavy atom. The van der Waals surface area contributed by atoms with Crippen LogP contribution in [-0.2, 0) is 20.9 Å². The second-order valence-corrected chi connectivity index (χ2v) is 3.68. The molecule has 0 unspecified atom stereocenters. The zero-order valence-corrected chi connectivity index (χ0v) is 10.1. The molecule has 0 aliphatic carbocycles. The molecule has 1 aromatic rings. The monoisotopic (exact) mass is 253 g/mol. The van der Waals surface area contributed by atoms with E-state index in [-0.39, 0.29) is 13.2 Å². The van der Waals surface area contributed by atoms with Gasteiger partial charge in [-0.3, -0.25) is 9.59 Å². The van der Waals surface area contributed by atoms with Gasteiger partial charge in [-0.05, 0) is 5.56 Å². The number of methoxy groups -OCH3 is 1. The number of carbonyl (C=O) groups is 2. The van der Waals surface area contributed by atoms with E-state index in [0.29, 0.717) is 0 Å². The smallest absolute Gasteiger partial charge is 0.245 e. The number of nitrogens with one attached hydrogen (secondary N) is 2. The number of amides is 2. The second kappa shape index (κ2) is 7.45. The number of rotatable bonds is 6. The van der Waals surface area contributed by atoms with Crippen LogP contribution in [0.3, 0.4) is 0 Å². The van der Waals surface area contributed by atoms with Crippen molar-refractivity contribution in [3.63, 3.8) is 0 Å². The first kappa shape index (κ1) is 10.1. The van der Waals surface area contributed by atoms with Crippen molar-refractivity contribution in [3.05, 3.63) is 35.9 Å². The quantitative estimate of drug-likeness (QED) is 0.773. The van der Waals surface area contributed by atoms with Gasteiger partial charge in [0.2, 0.25) is 11.8 Å². The molecular formula is C13H18N2O3. The van der Waals surface area contributed by atoms with Gasteiger partial charge < -0.3 is 15.4 Å². The average molecular weight is 253 g/mol. The van der Waals surface area contributed by atoms with Crippen molar-refractivity contribution in [1.29, 1.82) is 0 Å².